The van der Waals surface area contributed by atoms with Crippen LogP contribution in [0.5, 0.6) is 0 Å². The summed E-state index contributed by atoms with van der Waals surface area (Å²) < 4.78 is 0. The van der Waals surface area contributed by atoms with Gasteiger partial charge in [-0.25, -0.2) is 15.0 Å². The molecule has 0 aliphatic heterocycles. The summed E-state index contributed by atoms with van der Waals surface area (Å²) in [5.74, 6) is 0.323. The normalized spacial score (nSPS) is 10.6. The van der Waals surface area contributed by atoms with Crippen LogP contribution in [-0.4, -0.2) is 19.9 Å². The molecule has 7 heteroatoms. The summed E-state index contributed by atoms with van der Waals surface area (Å²) >= 11 is 18.5. The van der Waals surface area contributed by atoms with E-state index in [0.717, 1.165) is 5.56 Å². The van der Waals surface area contributed by atoms with Crippen LogP contribution in [0.3, 0.4) is 0 Å². The molecule has 0 amide bonds. The van der Waals surface area contributed by atoms with Crippen LogP contribution < -0.4 is 0 Å². The molecule has 1 aromatic carbocycles. The van der Waals surface area contributed by atoms with Gasteiger partial charge in [-0.2, -0.15) is 0 Å². The molecule has 4 nitrogen and oxygen atoms in total. The molecule has 2 aromatic heterocycles. The summed E-state index contributed by atoms with van der Waals surface area (Å²) in [5, 5.41) is 1.05. The second-order valence-electron chi connectivity index (χ2n) is 4.10. The Labute approximate surface area is 135 Å². The lowest BCUT2D eigenvalue weighted by Crippen LogP contribution is -1.96. The van der Waals surface area contributed by atoms with Gasteiger partial charge in [-0.3, -0.25) is 4.98 Å². The fourth-order valence-electron chi connectivity index (χ4n) is 1.82. The molecule has 0 spiro atoms. The Balaban J connectivity index is 2.13. The van der Waals surface area contributed by atoms with Crippen molar-refractivity contribution in [1.29, 1.82) is 0 Å². The molecule has 0 saturated carbocycles. The minimum absolute atomic E-state index is 0.234. The van der Waals surface area contributed by atoms with Crippen molar-refractivity contribution in [3.63, 3.8) is 0 Å². The lowest BCUT2D eigenvalue weighted by molar-refractivity contribution is 1.11. The predicted octanol–water partition coefficient (Wildman–Crippen LogP) is 4.56. The minimum Gasteiger partial charge on any atom is -0.261 e. The van der Waals surface area contributed by atoms with E-state index in [2.05, 4.69) is 19.9 Å². The number of benzene rings is 1. The molecule has 0 saturated heterocycles. The van der Waals surface area contributed by atoms with E-state index in [1.54, 1.807) is 36.8 Å². The molecule has 0 atom stereocenters. The molecule has 3 rings (SSSR count). The maximum atomic E-state index is 6.24. The number of rotatable bonds is 2. The zero-order valence-corrected chi connectivity index (χ0v) is 12.7. The fourth-order valence-corrected chi connectivity index (χ4v) is 2.62. The Morgan fingerprint density at radius 1 is 0.905 bits per heavy atom. The quantitative estimate of drug-likeness (QED) is 0.643. The van der Waals surface area contributed by atoms with Crippen molar-refractivity contribution in [1.82, 2.24) is 19.9 Å². The number of hydrogen-bond donors (Lipinski definition) is 0. The maximum Gasteiger partial charge on any atom is 0.182 e. The Hall–Kier alpha value is -1.75. The number of hydrogen-bond acceptors (Lipinski definition) is 4. The van der Waals surface area contributed by atoms with Crippen molar-refractivity contribution in [3.8, 4) is 22.6 Å². The molecule has 3 aromatic rings. The van der Waals surface area contributed by atoms with Gasteiger partial charge in [-0.1, -0.05) is 46.9 Å². The summed E-state index contributed by atoms with van der Waals surface area (Å²) in [4.78, 5) is 16.6. The highest BCUT2D eigenvalue weighted by Gasteiger charge is 2.15. The van der Waals surface area contributed by atoms with E-state index in [1.165, 1.54) is 0 Å². The van der Waals surface area contributed by atoms with Crippen LogP contribution in [0.25, 0.3) is 22.6 Å². The van der Waals surface area contributed by atoms with E-state index in [4.69, 9.17) is 34.8 Å². The monoisotopic (exact) mass is 336 g/mol. The third-order valence-electron chi connectivity index (χ3n) is 2.73. The van der Waals surface area contributed by atoms with Crippen molar-refractivity contribution >= 4 is 34.8 Å². The first kappa shape index (κ1) is 14.2. The van der Waals surface area contributed by atoms with Crippen LogP contribution in [0, 0.1) is 0 Å². The van der Waals surface area contributed by atoms with Gasteiger partial charge in [0.15, 0.2) is 5.82 Å². The maximum absolute atomic E-state index is 6.24. The van der Waals surface area contributed by atoms with Crippen molar-refractivity contribution in [2.45, 2.75) is 0 Å². The zero-order chi connectivity index (χ0) is 14.8. The molecule has 0 radical (unpaired) electrons. The average Bonchev–Trinajstić information content (AvgIpc) is 2.47. The van der Waals surface area contributed by atoms with Crippen LogP contribution in [0.2, 0.25) is 15.3 Å². The number of nitrogens with zero attached hydrogens (tertiary/aromatic N) is 4. The van der Waals surface area contributed by atoms with Gasteiger partial charge in [0.2, 0.25) is 0 Å². The van der Waals surface area contributed by atoms with Gasteiger partial charge in [-0.05, 0) is 17.7 Å². The topological polar surface area (TPSA) is 51.6 Å². The van der Waals surface area contributed by atoms with Gasteiger partial charge in [0.25, 0.3) is 0 Å². The van der Waals surface area contributed by atoms with Gasteiger partial charge in [0, 0.05) is 17.4 Å². The molecule has 0 aliphatic carbocycles. The third kappa shape index (κ3) is 2.97. The highest BCUT2D eigenvalue weighted by Crippen LogP contribution is 2.34. The van der Waals surface area contributed by atoms with E-state index in [-0.39, 0.29) is 10.3 Å². The van der Waals surface area contributed by atoms with Crippen LogP contribution >= 0.6 is 34.8 Å². The number of aromatic nitrogens is 4. The third-order valence-corrected chi connectivity index (χ3v) is 3.51. The van der Waals surface area contributed by atoms with Gasteiger partial charge in [0.05, 0.1) is 11.8 Å². The molecule has 2 heterocycles. The summed E-state index contributed by atoms with van der Waals surface area (Å²) in [7, 11) is 0. The number of halogens is 3. The van der Waals surface area contributed by atoms with Crippen LogP contribution in [0.4, 0.5) is 0 Å². The SMILES string of the molecule is Clc1cccc(-c2c(Cl)nc(-c3cnccn3)nc2Cl)c1. The second kappa shape index (κ2) is 5.93. The molecule has 21 heavy (non-hydrogen) atoms. The summed E-state index contributed by atoms with van der Waals surface area (Å²) in [6.45, 7) is 0. The smallest absolute Gasteiger partial charge is 0.182 e. The molecule has 0 unspecified atom stereocenters. The first-order chi connectivity index (χ1) is 10.1. The molecule has 104 valence electrons. The van der Waals surface area contributed by atoms with Crippen molar-refractivity contribution in [2.24, 2.45) is 0 Å². The van der Waals surface area contributed by atoms with E-state index in [0.29, 0.717) is 22.1 Å². The average molecular weight is 338 g/mol. The van der Waals surface area contributed by atoms with Crippen LogP contribution in [-0.2, 0) is 0 Å². The molecular weight excluding hydrogens is 331 g/mol. The highest BCUT2D eigenvalue weighted by atomic mass is 35.5. The Kier molecular flexibility index (Phi) is 4.01. The summed E-state index contributed by atoms with van der Waals surface area (Å²) in [6, 6.07) is 7.16. The molecule has 0 fully saturated rings. The molecular formula is C14H7Cl3N4. The molecule has 0 aliphatic rings. The van der Waals surface area contributed by atoms with E-state index in [1.807, 2.05) is 6.07 Å². The lowest BCUT2D eigenvalue weighted by atomic mass is 10.1. The first-order valence-electron chi connectivity index (χ1n) is 5.90. The predicted molar refractivity (Wildman–Crippen MR) is 83.5 cm³/mol. The minimum atomic E-state index is 0.234. The first-order valence-corrected chi connectivity index (χ1v) is 7.04. The second-order valence-corrected chi connectivity index (χ2v) is 5.26. The van der Waals surface area contributed by atoms with Crippen molar-refractivity contribution < 1.29 is 0 Å². The Bertz CT molecular complexity index is 770. The molecule has 0 bridgehead atoms. The van der Waals surface area contributed by atoms with Crippen molar-refractivity contribution in [3.05, 3.63) is 58.2 Å². The zero-order valence-electron chi connectivity index (χ0n) is 10.5. The van der Waals surface area contributed by atoms with Gasteiger partial charge in [-0.15, -0.1) is 0 Å². The fraction of sp³-hybridized carbons (Fsp3) is 0. The molecule has 0 N–H and O–H groups in total. The van der Waals surface area contributed by atoms with E-state index < -0.39 is 0 Å². The largest absolute Gasteiger partial charge is 0.261 e. The Morgan fingerprint density at radius 3 is 2.29 bits per heavy atom. The van der Waals surface area contributed by atoms with Crippen molar-refractivity contribution in [2.75, 3.05) is 0 Å². The van der Waals surface area contributed by atoms with E-state index in [9.17, 15) is 0 Å². The lowest BCUT2D eigenvalue weighted by Gasteiger charge is -2.08. The summed E-state index contributed by atoms with van der Waals surface area (Å²) in [5.41, 5.74) is 1.79. The van der Waals surface area contributed by atoms with Crippen LogP contribution in [0.1, 0.15) is 0 Å². The summed E-state index contributed by atoms with van der Waals surface area (Å²) in [6.07, 6.45) is 4.65. The van der Waals surface area contributed by atoms with Gasteiger partial charge >= 0.3 is 0 Å². The van der Waals surface area contributed by atoms with Gasteiger partial charge < -0.3 is 0 Å². The van der Waals surface area contributed by atoms with Gasteiger partial charge in [0.1, 0.15) is 16.0 Å². The standard InChI is InChI=1S/C14H7Cl3N4/c15-9-3-1-2-8(6-9)11-12(16)20-14(21-13(11)17)10-7-18-4-5-19-10/h1-7H. The van der Waals surface area contributed by atoms with E-state index >= 15 is 0 Å². The highest BCUT2D eigenvalue weighted by molar-refractivity contribution is 6.38. The van der Waals surface area contributed by atoms with Crippen LogP contribution in [0.15, 0.2) is 42.9 Å². The Morgan fingerprint density at radius 2 is 1.67 bits per heavy atom.